The SMILES string of the molecule is CC(Cn1c(N)nc2ccc(F)cc21)N(C)C1CC1. The summed E-state index contributed by atoms with van der Waals surface area (Å²) in [6.07, 6.45) is 2.55. The second-order valence-corrected chi connectivity index (χ2v) is 5.46. The van der Waals surface area contributed by atoms with Gasteiger partial charge in [0.15, 0.2) is 0 Å². The summed E-state index contributed by atoms with van der Waals surface area (Å²) in [5.41, 5.74) is 7.48. The highest BCUT2D eigenvalue weighted by Gasteiger charge is 2.29. The average Bonchev–Trinajstić information content (AvgIpc) is 3.17. The van der Waals surface area contributed by atoms with Crippen molar-refractivity contribution in [1.82, 2.24) is 14.5 Å². The Hall–Kier alpha value is -1.62. The van der Waals surface area contributed by atoms with Crippen LogP contribution in [0, 0.1) is 5.82 Å². The molecule has 1 heterocycles. The number of nitrogen functional groups attached to an aromatic ring is 1. The molecule has 0 spiro atoms. The molecule has 1 aliphatic carbocycles. The Morgan fingerprint density at radius 3 is 2.95 bits per heavy atom. The lowest BCUT2D eigenvalue weighted by Crippen LogP contribution is -2.34. The molecule has 2 aromatic rings. The molecule has 19 heavy (non-hydrogen) atoms. The summed E-state index contributed by atoms with van der Waals surface area (Å²) < 4.78 is 15.3. The number of hydrogen-bond donors (Lipinski definition) is 1. The van der Waals surface area contributed by atoms with E-state index in [2.05, 4.69) is 23.9 Å². The van der Waals surface area contributed by atoms with Crippen LogP contribution in [0.5, 0.6) is 0 Å². The van der Waals surface area contributed by atoms with Crippen molar-refractivity contribution in [3.05, 3.63) is 24.0 Å². The summed E-state index contributed by atoms with van der Waals surface area (Å²) in [4.78, 5) is 6.65. The molecule has 0 bridgehead atoms. The van der Waals surface area contributed by atoms with E-state index in [4.69, 9.17) is 5.73 Å². The number of halogens is 1. The molecular weight excluding hydrogens is 243 g/mol. The third kappa shape index (κ3) is 2.30. The van der Waals surface area contributed by atoms with Gasteiger partial charge in [0, 0.05) is 18.6 Å². The van der Waals surface area contributed by atoms with Gasteiger partial charge in [0.05, 0.1) is 11.0 Å². The lowest BCUT2D eigenvalue weighted by molar-refractivity contribution is 0.228. The molecule has 1 atom stereocenters. The summed E-state index contributed by atoms with van der Waals surface area (Å²) in [5, 5.41) is 0. The maximum Gasteiger partial charge on any atom is 0.201 e. The van der Waals surface area contributed by atoms with Gasteiger partial charge in [-0.2, -0.15) is 0 Å². The Balaban J connectivity index is 1.90. The van der Waals surface area contributed by atoms with Crippen LogP contribution in [0.15, 0.2) is 18.2 Å². The van der Waals surface area contributed by atoms with Crippen LogP contribution in [-0.4, -0.2) is 33.6 Å². The first-order valence-electron chi connectivity index (χ1n) is 6.69. The van der Waals surface area contributed by atoms with Crippen molar-refractivity contribution in [3.8, 4) is 0 Å². The smallest absolute Gasteiger partial charge is 0.201 e. The van der Waals surface area contributed by atoms with Crippen LogP contribution < -0.4 is 5.73 Å². The number of imidazole rings is 1. The number of nitrogens with zero attached hydrogens (tertiary/aromatic N) is 3. The van der Waals surface area contributed by atoms with Crippen LogP contribution in [0.3, 0.4) is 0 Å². The van der Waals surface area contributed by atoms with Crippen molar-refractivity contribution >= 4 is 17.0 Å². The first-order chi connectivity index (χ1) is 9.06. The van der Waals surface area contributed by atoms with Gasteiger partial charge in [-0.15, -0.1) is 0 Å². The van der Waals surface area contributed by atoms with E-state index in [9.17, 15) is 4.39 Å². The fraction of sp³-hybridized carbons (Fsp3) is 0.500. The Morgan fingerprint density at radius 2 is 2.26 bits per heavy atom. The van der Waals surface area contributed by atoms with Gasteiger partial charge in [-0.1, -0.05) is 0 Å². The molecule has 1 saturated carbocycles. The van der Waals surface area contributed by atoms with Gasteiger partial charge in [0.1, 0.15) is 5.82 Å². The minimum atomic E-state index is -0.253. The van der Waals surface area contributed by atoms with E-state index in [1.165, 1.54) is 25.0 Å². The maximum absolute atomic E-state index is 13.4. The van der Waals surface area contributed by atoms with Crippen molar-refractivity contribution < 1.29 is 4.39 Å². The van der Waals surface area contributed by atoms with Crippen LogP contribution >= 0.6 is 0 Å². The zero-order chi connectivity index (χ0) is 13.6. The molecule has 1 aromatic carbocycles. The second-order valence-electron chi connectivity index (χ2n) is 5.46. The fourth-order valence-corrected chi connectivity index (χ4v) is 2.54. The highest BCUT2D eigenvalue weighted by molar-refractivity contribution is 5.78. The first-order valence-corrected chi connectivity index (χ1v) is 6.69. The molecule has 102 valence electrons. The predicted octanol–water partition coefficient (Wildman–Crippen LogP) is 2.24. The van der Waals surface area contributed by atoms with Gasteiger partial charge >= 0.3 is 0 Å². The van der Waals surface area contributed by atoms with Crippen molar-refractivity contribution in [1.29, 1.82) is 0 Å². The van der Waals surface area contributed by atoms with E-state index in [1.807, 2.05) is 4.57 Å². The third-order valence-corrected chi connectivity index (χ3v) is 4.00. The molecule has 1 fully saturated rings. The number of likely N-dealkylation sites (N-methyl/N-ethyl adjacent to an activating group) is 1. The minimum Gasteiger partial charge on any atom is -0.369 e. The van der Waals surface area contributed by atoms with Gasteiger partial charge < -0.3 is 10.3 Å². The van der Waals surface area contributed by atoms with Crippen LogP contribution in [0.1, 0.15) is 19.8 Å². The zero-order valence-electron chi connectivity index (χ0n) is 11.3. The second kappa shape index (κ2) is 4.49. The van der Waals surface area contributed by atoms with Crippen LogP contribution in [0.25, 0.3) is 11.0 Å². The van der Waals surface area contributed by atoms with Crippen molar-refractivity contribution in [2.45, 2.75) is 38.4 Å². The topological polar surface area (TPSA) is 47.1 Å². The van der Waals surface area contributed by atoms with E-state index < -0.39 is 0 Å². The number of nitrogens with two attached hydrogens (primary N) is 1. The number of hydrogen-bond acceptors (Lipinski definition) is 3. The lowest BCUT2D eigenvalue weighted by atomic mass is 10.2. The van der Waals surface area contributed by atoms with Gasteiger partial charge in [0.2, 0.25) is 5.95 Å². The Bertz CT molecular complexity index is 603. The van der Waals surface area contributed by atoms with Gasteiger partial charge in [0.25, 0.3) is 0 Å². The molecule has 3 rings (SSSR count). The fourth-order valence-electron chi connectivity index (χ4n) is 2.54. The van der Waals surface area contributed by atoms with Crippen molar-refractivity contribution in [3.63, 3.8) is 0 Å². The van der Waals surface area contributed by atoms with E-state index in [0.29, 0.717) is 18.0 Å². The number of anilines is 1. The summed E-state index contributed by atoms with van der Waals surface area (Å²) in [5.74, 6) is 0.202. The molecule has 1 unspecified atom stereocenters. The molecular formula is C14H19FN4. The van der Waals surface area contributed by atoms with E-state index in [0.717, 1.165) is 17.6 Å². The van der Waals surface area contributed by atoms with Gasteiger partial charge in [-0.3, -0.25) is 4.90 Å². The quantitative estimate of drug-likeness (QED) is 0.919. The predicted molar refractivity (Wildman–Crippen MR) is 74.4 cm³/mol. The van der Waals surface area contributed by atoms with Crippen LogP contribution in [-0.2, 0) is 6.54 Å². The largest absolute Gasteiger partial charge is 0.369 e. The van der Waals surface area contributed by atoms with Crippen LogP contribution in [0.4, 0.5) is 10.3 Å². The third-order valence-electron chi connectivity index (χ3n) is 4.00. The molecule has 5 heteroatoms. The number of fused-ring (bicyclic) bond motifs is 1. The maximum atomic E-state index is 13.4. The number of benzene rings is 1. The summed E-state index contributed by atoms with van der Waals surface area (Å²) in [6, 6.07) is 5.65. The van der Waals surface area contributed by atoms with E-state index in [1.54, 1.807) is 6.07 Å². The molecule has 1 aromatic heterocycles. The Labute approximate surface area is 112 Å². The molecule has 2 N–H and O–H groups in total. The summed E-state index contributed by atoms with van der Waals surface area (Å²) in [7, 11) is 2.14. The first kappa shape index (κ1) is 12.4. The monoisotopic (exact) mass is 262 g/mol. The lowest BCUT2D eigenvalue weighted by Gasteiger charge is -2.25. The Morgan fingerprint density at radius 1 is 1.53 bits per heavy atom. The highest BCUT2D eigenvalue weighted by Crippen LogP contribution is 2.28. The molecule has 1 aliphatic rings. The molecule has 0 saturated heterocycles. The van der Waals surface area contributed by atoms with Gasteiger partial charge in [-0.25, -0.2) is 9.37 Å². The molecule has 0 amide bonds. The summed E-state index contributed by atoms with van der Waals surface area (Å²) in [6.45, 7) is 2.90. The minimum absolute atomic E-state index is 0.253. The zero-order valence-corrected chi connectivity index (χ0v) is 11.3. The number of aromatic nitrogens is 2. The van der Waals surface area contributed by atoms with Crippen LogP contribution in [0.2, 0.25) is 0 Å². The summed E-state index contributed by atoms with van der Waals surface area (Å²) >= 11 is 0. The number of rotatable bonds is 4. The normalized spacial score (nSPS) is 17.3. The van der Waals surface area contributed by atoms with E-state index in [-0.39, 0.29) is 5.82 Å². The molecule has 4 nitrogen and oxygen atoms in total. The molecule has 0 aliphatic heterocycles. The Kier molecular flexibility index (Phi) is 2.93. The van der Waals surface area contributed by atoms with Crippen molar-refractivity contribution in [2.75, 3.05) is 12.8 Å². The van der Waals surface area contributed by atoms with Gasteiger partial charge in [-0.05, 0) is 45.0 Å². The van der Waals surface area contributed by atoms with E-state index >= 15 is 0 Å². The highest BCUT2D eigenvalue weighted by atomic mass is 19.1. The average molecular weight is 262 g/mol. The molecule has 0 radical (unpaired) electrons. The van der Waals surface area contributed by atoms with Crippen molar-refractivity contribution in [2.24, 2.45) is 0 Å². The standard InChI is InChI=1S/C14H19FN4/c1-9(18(2)11-4-5-11)8-19-13-7-10(15)3-6-12(13)17-14(19)16/h3,6-7,9,11H,4-5,8H2,1-2H3,(H2,16,17).